The molecule has 0 saturated heterocycles. The molecule has 1 atom stereocenters. The molecule has 0 aliphatic heterocycles. The van der Waals surface area contributed by atoms with Crippen molar-refractivity contribution < 1.29 is 4.39 Å². The van der Waals surface area contributed by atoms with Gasteiger partial charge in [-0.3, -0.25) is 4.68 Å². The highest BCUT2D eigenvalue weighted by Gasteiger charge is 2.14. The van der Waals surface area contributed by atoms with Gasteiger partial charge in [0.1, 0.15) is 5.82 Å². The third-order valence-electron chi connectivity index (χ3n) is 3.11. The smallest absolute Gasteiger partial charge is 0.126 e. The second-order valence-electron chi connectivity index (χ2n) is 4.81. The van der Waals surface area contributed by atoms with E-state index in [1.54, 1.807) is 10.7 Å². The lowest BCUT2D eigenvalue weighted by Crippen LogP contribution is -2.23. The van der Waals surface area contributed by atoms with Crippen LogP contribution in [-0.2, 0) is 19.9 Å². The Hall–Kier alpha value is -1.75. The lowest BCUT2D eigenvalue weighted by Gasteiger charge is -2.15. The van der Waals surface area contributed by atoms with Crippen LogP contribution >= 0.6 is 0 Å². The van der Waals surface area contributed by atoms with Gasteiger partial charge in [-0.15, -0.1) is 5.10 Å². The highest BCUT2D eigenvalue weighted by molar-refractivity contribution is 5.18. The minimum absolute atomic E-state index is 0.136. The summed E-state index contributed by atoms with van der Waals surface area (Å²) >= 11 is 0. The molecule has 1 aromatic heterocycles. The average Bonchev–Trinajstić information content (AvgIpc) is 2.78. The van der Waals surface area contributed by atoms with Crippen molar-refractivity contribution in [1.82, 2.24) is 20.3 Å². The van der Waals surface area contributed by atoms with Crippen LogP contribution in [0.3, 0.4) is 0 Å². The second kappa shape index (κ2) is 6.43. The molecule has 0 aliphatic rings. The number of aromatic nitrogens is 3. The van der Waals surface area contributed by atoms with Crippen LogP contribution in [0, 0.1) is 11.7 Å². The first-order chi connectivity index (χ1) is 9.19. The standard InChI is InChI=1S/C14H19FN4/c1-16-9-11(8-13-10-19(2)18-17-13)7-12-5-3-4-6-14(12)15/h3-6,10-11,16H,7-9H2,1-2H3. The molecule has 4 nitrogen and oxygen atoms in total. The van der Waals surface area contributed by atoms with E-state index in [1.807, 2.05) is 32.4 Å². The molecular formula is C14H19FN4. The fourth-order valence-corrected chi connectivity index (χ4v) is 2.26. The Kier molecular flexibility index (Phi) is 4.63. The van der Waals surface area contributed by atoms with Crippen LogP contribution in [0.1, 0.15) is 11.3 Å². The summed E-state index contributed by atoms with van der Waals surface area (Å²) < 4.78 is 15.4. The molecule has 5 heteroatoms. The molecule has 2 rings (SSSR count). The molecule has 0 amide bonds. The molecular weight excluding hydrogens is 243 g/mol. The summed E-state index contributed by atoms with van der Waals surface area (Å²) in [6.45, 7) is 0.824. The van der Waals surface area contributed by atoms with Gasteiger partial charge in [-0.2, -0.15) is 0 Å². The molecule has 1 N–H and O–H groups in total. The Morgan fingerprint density at radius 3 is 2.74 bits per heavy atom. The average molecular weight is 262 g/mol. The van der Waals surface area contributed by atoms with Gasteiger partial charge in [0.15, 0.2) is 0 Å². The van der Waals surface area contributed by atoms with Crippen molar-refractivity contribution in [1.29, 1.82) is 0 Å². The summed E-state index contributed by atoms with van der Waals surface area (Å²) in [6.07, 6.45) is 3.40. The van der Waals surface area contributed by atoms with E-state index in [0.717, 1.165) is 24.2 Å². The molecule has 0 aliphatic carbocycles. The molecule has 0 bridgehead atoms. The van der Waals surface area contributed by atoms with Crippen LogP contribution < -0.4 is 5.32 Å². The van der Waals surface area contributed by atoms with E-state index in [4.69, 9.17) is 0 Å². The number of nitrogens with one attached hydrogen (secondary N) is 1. The number of hydrogen-bond donors (Lipinski definition) is 1. The second-order valence-corrected chi connectivity index (χ2v) is 4.81. The molecule has 102 valence electrons. The lowest BCUT2D eigenvalue weighted by molar-refractivity contribution is 0.475. The minimum Gasteiger partial charge on any atom is -0.319 e. The van der Waals surface area contributed by atoms with E-state index in [0.29, 0.717) is 12.3 Å². The Morgan fingerprint density at radius 1 is 1.32 bits per heavy atom. The van der Waals surface area contributed by atoms with Crippen molar-refractivity contribution in [3.05, 3.63) is 47.5 Å². The zero-order valence-electron chi connectivity index (χ0n) is 11.3. The van der Waals surface area contributed by atoms with Crippen LogP contribution in [0.15, 0.2) is 30.5 Å². The Labute approximate surface area is 112 Å². The number of hydrogen-bond acceptors (Lipinski definition) is 3. The van der Waals surface area contributed by atoms with Crippen molar-refractivity contribution in [3.8, 4) is 0 Å². The van der Waals surface area contributed by atoms with Gasteiger partial charge in [-0.1, -0.05) is 23.4 Å². The highest BCUT2D eigenvalue weighted by atomic mass is 19.1. The third-order valence-corrected chi connectivity index (χ3v) is 3.11. The number of benzene rings is 1. The zero-order chi connectivity index (χ0) is 13.7. The van der Waals surface area contributed by atoms with E-state index in [2.05, 4.69) is 15.6 Å². The number of nitrogens with zero attached hydrogens (tertiary/aromatic N) is 3. The molecule has 19 heavy (non-hydrogen) atoms. The SMILES string of the molecule is CNCC(Cc1cn(C)nn1)Cc1ccccc1F. The molecule has 0 saturated carbocycles. The molecule has 0 fully saturated rings. The van der Waals surface area contributed by atoms with Gasteiger partial charge in [0.05, 0.1) is 5.69 Å². The molecule has 2 aromatic rings. The monoisotopic (exact) mass is 262 g/mol. The van der Waals surface area contributed by atoms with Crippen molar-refractivity contribution >= 4 is 0 Å². The van der Waals surface area contributed by atoms with Gasteiger partial charge in [-0.05, 0) is 44.0 Å². The quantitative estimate of drug-likeness (QED) is 0.859. The fraction of sp³-hybridized carbons (Fsp3) is 0.429. The summed E-state index contributed by atoms with van der Waals surface area (Å²) in [5.74, 6) is 0.168. The largest absolute Gasteiger partial charge is 0.319 e. The van der Waals surface area contributed by atoms with Gasteiger partial charge in [0.25, 0.3) is 0 Å². The van der Waals surface area contributed by atoms with Gasteiger partial charge >= 0.3 is 0 Å². The van der Waals surface area contributed by atoms with Crippen molar-refractivity contribution in [2.24, 2.45) is 13.0 Å². The molecule has 1 unspecified atom stereocenters. The van der Waals surface area contributed by atoms with Crippen molar-refractivity contribution in [2.45, 2.75) is 12.8 Å². The summed E-state index contributed by atoms with van der Waals surface area (Å²) in [6, 6.07) is 6.94. The Bertz CT molecular complexity index is 524. The first-order valence-electron chi connectivity index (χ1n) is 6.42. The maximum Gasteiger partial charge on any atom is 0.126 e. The summed E-state index contributed by atoms with van der Waals surface area (Å²) in [4.78, 5) is 0. The molecule has 1 aromatic carbocycles. The minimum atomic E-state index is -0.136. The van der Waals surface area contributed by atoms with E-state index in [1.165, 1.54) is 6.07 Å². The molecule has 0 spiro atoms. The van der Waals surface area contributed by atoms with Crippen LogP contribution in [-0.4, -0.2) is 28.6 Å². The third kappa shape index (κ3) is 3.86. The summed E-state index contributed by atoms with van der Waals surface area (Å²) in [5.41, 5.74) is 1.70. The van der Waals surface area contributed by atoms with Gasteiger partial charge in [-0.25, -0.2) is 4.39 Å². The number of aryl methyl sites for hydroxylation is 1. The van der Waals surface area contributed by atoms with E-state index >= 15 is 0 Å². The summed E-state index contributed by atoms with van der Waals surface area (Å²) in [7, 11) is 3.76. The first-order valence-corrected chi connectivity index (χ1v) is 6.42. The van der Waals surface area contributed by atoms with E-state index < -0.39 is 0 Å². The maximum atomic E-state index is 13.7. The normalized spacial score (nSPS) is 12.6. The van der Waals surface area contributed by atoms with Gasteiger partial charge in [0, 0.05) is 13.2 Å². The number of halogens is 1. The first kappa shape index (κ1) is 13.7. The fourth-order valence-electron chi connectivity index (χ4n) is 2.26. The van der Waals surface area contributed by atoms with Crippen LogP contribution in [0.5, 0.6) is 0 Å². The summed E-state index contributed by atoms with van der Waals surface area (Å²) in [5, 5.41) is 11.2. The van der Waals surface area contributed by atoms with Gasteiger partial charge in [0.2, 0.25) is 0 Å². The van der Waals surface area contributed by atoms with Crippen LogP contribution in [0.2, 0.25) is 0 Å². The van der Waals surface area contributed by atoms with E-state index in [9.17, 15) is 4.39 Å². The van der Waals surface area contributed by atoms with Crippen molar-refractivity contribution in [2.75, 3.05) is 13.6 Å². The van der Waals surface area contributed by atoms with Crippen LogP contribution in [0.25, 0.3) is 0 Å². The predicted molar refractivity (Wildman–Crippen MR) is 72.2 cm³/mol. The maximum absolute atomic E-state index is 13.7. The van der Waals surface area contributed by atoms with Crippen molar-refractivity contribution in [3.63, 3.8) is 0 Å². The Balaban J connectivity index is 2.06. The molecule has 1 heterocycles. The number of rotatable bonds is 6. The Morgan fingerprint density at radius 2 is 2.11 bits per heavy atom. The zero-order valence-corrected chi connectivity index (χ0v) is 11.3. The molecule has 0 radical (unpaired) electrons. The highest BCUT2D eigenvalue weighted by Crippen LogP contribution is 2.15. The van der Waals surface area contributed by atoms with E-state index in [-0.39, 0.29) is 5.82 Å². The van der Waals surface area contributed by atoms with Gasteiger partial charge < -0.3 is 5.32 Å². The topological polar surface area (TPSA) is 42.7 Å². The van der Waals surface area contributed by atoms with Crippen LogP contribution in [0.4, 0.5) is 4.39 Å². The lowest BCUT2D eigenvalue weighted by atomic mass is 9.94. The predicted octanol–water partition coefficient (Wildman–Crippen LogP) is 1.57.